The Kier molecular flexibility index (Phi) is 6.33. The third kappa shape index (κ3) is 4.54. The van der Waals surface area contributed by atoms with Crippen molar-refractivity contribution in [2.45, 2.75) is 25.0 Å². The summed E-state index contributed by atoms with van der Waals surface area (Å²) in [5, 5.41) is 12.5. The van der Waals surface area contributed by atoms with Crippen LogP contribution < -0.4 is 10.9 Å². The van der Waals surface area contributed by atoms with Crippen molar-refractivity contribution in [1.29, 1.82) is 0 Å². The van der Waals surface area contributed by atoms with Crippen LogP contribution in [0.15, 0.2) is 82.7 Å². The Hall–Kier alpha value is -3.98. The van der Waals surface area contributed by atoms with Crippen LogP contribution in [0.4, 0.5) is 10.1 Å². The predicted molar refractivity (Wildman–Crippen MR) is 135 cm³/mol. The van der Waals surface area contributed by atoms with Crippen molar-refractivity contribution in [2.24, 2.45) is 0 Å². The zero-order valence-electron chi connectivity index (χ0n) is 18.9. The number of aromatic nitrogens is 4. The molecule has 0 unspecified atom stereocenters. The van der Waals surface area contributed by atoms with Crippen molar-refractivity contribution in [3.8, 4) is 0 Å². The number of fused-ring (bicyclic) bond motifs is 3. The van der Waals surface area contributed by atoms with Gasteiger partial charge in [0.2, 0.25) is 11.7 Å². The highest BCUT2D eigenvalue weighted by atomic mass is 32.2. The lowest BCUT2D eigenvalue weighted by Gasteiger charge is -2.12. The molecule has 7 nitrogen and oxygen atoms in total. The normalized spacial score (nSPS) is 11.3. The average Bonchev–Trinajstić information content (AvgIpc) is 3.31. The van der Waals surface area contributed by atoms with Gasteiger partial charge < -0.3 is 5.32 Å². The molecule has 35 heavy (non-hydrogen) atoms. The van der Waals surface area contributed by atoms with Gasteiger partial charge in [-0.05, 0) is 47.9 Å². The molecule has 0 spiro atoms. The van der Waals surface area contributed by atoms with Gasteiger partial charge in [0.25, 0.3) is 5.56 Å². The fraction of sp³-hybridized carbons (Fsp3) is 0.154. The summed E-state index contributed by atoms with van der Waals surface area (Å²) in [6, 6.07) is 20.9. The van der Waals surface area contributed by atoms with E-state index in [1.807, 2.05) is 43.3 Å². The topological polar surface area (TPSA) is 81.3 Å². The molecule has 0 aliphatic rings. The van der Waals surface area contributed by atoms with Gasteiger partial charge in [-0.1, -0.05) is 61.2 Å². The maximum atomic E-state index is 13.4. The highest BCUT2D eigenvalue weighted by Gasteiger charge is 2.18. The summed E-state index contributed by atoms with van der Waals surface area (Å²) in [6.45, 7) is 2.25. The number of thioether (sulfide) groups is 1. The fourth-order valence-electron chi connectivity index (χ4n) is 4.01. The number of rotatable bonds is 7. The summed E-state index contributed by atoms with van der Waals surface area (Å²) in [5.41, 5.74) is 3.07. The summed E-state index contributed by atoms with van der Waals surface area (Å²) in [4.78, 5) is 26.0. The lowest BCUT2D eigenvalue weighted by molar-refractivity contribution is -0.113. The molecule has 1 N–H and O–H groups in total. The SMILES string of the molecule is CCc1ccccc1NC(=O)CSc1nnc2n(Cc3ccc(F)cc3)c(=O)c3ccccc3n12. The molecule has 0 radical (unpaired) electrons. The van der Waals surface area contributed by atoms with Crippen molar-refractivity contribution in [3.05, 3.63) is 100 Å². The summed E-state index contributed by atoms with van der Waals surface area (Å²) in [6.07, 6.45) is 0.815. The summed E-state index contributed by atoms with van der Waals surface area (Å²) in [5.74, 6) is -0.0100. The lowest BCUT2D eigenvalue weighted by Crippen LogP contribution is -2.24. The minimum absolute atomic E-state index is 0.129. The Morgan fingerprint density at radius 2 is 1.74 bits per heavy atom. The summed E-state index contributed by atoms with van der Waals surface area (Å²) >= 11 is 1.25. The largest absolute Gasteiger partial charge is 0.325 e. The van der Waals surface area contributed by atoms with Crippen molar-refractivity contribution in [1.82, 2.24) is 19.2 Å². The first-order valence-corrected chi connectivity index (χ1v) is 12.2. The molecule has 5 aromatic rings. The van der Waals surface area contributed by atoms with Gasteiger partial charge in [0.1, 0.15) is 5.82 Å². The van der Waals surface area contributed by atoms with E-state index in [1.54, 1.807) is 28.7 Å². The molecule has 0 saturated heterocycles. The van der Waals surface area contributed by atoms with Crippen LogP contribution >= 0.6 is 11.8 Å². The molecule has 0 atom stereocenters. The van der Waals surface area contributed by atoms with Gasteiger partial charge in [0.05, 0.1) is 23.2 Å². The van der Waals surface area contributed by atoms with Crippen LogP contribution in [0.2, 0.25) is 0 Å². The fourth-order valence-corrected chi connectivity index (χ4v) is 4.75. The first-order chi connectivity index (χ1) is 17.0. The lowest BCUT2D eigenvalue weighted by atomic mass is 10.1. The molecule has 1 amide bonds. The number of amides is 1. The maximum Gasteiger partial charge on any atom is 0.263 e. The minimum atomic E-state index is -0.342. The number of benzene rings is 3. The van der Waals surface area contributed by atoms with Crippen LogP contribution in [0.3, 0.4) is 0 Å². The molecule has 2 aromatic heterocycles. The number of anilines is 1. The molecule has 0 saturated carbocycles. The number of nitrogens with one attached hydrogen (secondary N) is 1. The van der Waals surface area contributed by atoms with E-state index >= 15 is 0 Å². The predicted octanol–water partition coefficient (Wildman–Crippen LogP) is 4.52. The standard InChI is InChI=1S/C26H22FN5O2S/c1-2-18-7-3-5-9-21(18)28-23(33)16-35-26-30-29-25-31(15-17-11-13-19(27)14-12-17)24(34)20-8-4-6-10-22(20)32(25)26/h3-14H,2,15-16H2,1H3,(H,28,33). The Balaban J connectivity index is 1.49. The van der Waals surface area contributed by atoms with Crippen molar-refractivity contribution < 1.29 is 9.18 Å². The molecule has 9 heteroatoms. The number of carbonyl (C=O) groups excluding carboxylic acids is 1. The third-order valence-corrected chi connectivity index (χ3v) is 6.67. The second-order valence-electron chi connectivity index (χ2n) is 8.00. The van der Waals surface area contributed by atoms with Crippen molar-refractivity contribution in [2.75, 3.05) is 11.1 Å². The number of nitrogens with zero attached hydrogens (tertiary/aromatic N) is 4. The van der Waals surface area contributed by atoms with E-state index in [4.69, 9.17) is 0 Å². The number of halogens is 1. The van der Waals surface area contributed by atoms with Crippen LogP contribution in [0.5, 0.6) is 0 Å². The number of carbonyl (C=O) groups is 1. The van der Waals surface area contributed by atoms with E-state index in [0.717, 1.165) is 23.2 Å². The van der Waals surface area contributed by atoms with Gasteiger partial charge in [-0.25, -0.2) is 4.39 Å². The van der Waals surface area contributed by atoms with Gasteiger partial charge >= 0.3 is 0 Å². The molecule has 176 valence electrons. The number of para-hydroxylation sites is 2. The average molecular weight is 488 g/mol. The van der Waals surface area contributed by atoms with Crippen LogP contribution in [0.25, 0.3) is 16.7 Å². The van der Waals surface area contributed by atoms with E-state index in [2.05, 4.69) is 15.5 Å². The van der Waals surface area contributed by atoms with Gasteiger partial charge in [0.15, 0.2) is 5.16 Å². The molecule has 3 aromatic carbocycles. The number of hydrogen-bond donors (Lipinski definition) is 1. The first-order valence-electron chi connectivity index (χ1n) is 11.2. The molecule has 2 heterocycles. The summed E-state index contributed by atoms with van der Waals surface area (Å²) < 4.78 is 16.7. The molecular formula is C26H22FN5O2S. The molecular weight excluding hydrogens is 465 g/mol. The Morgan fingerprint density at radius 1 is 1.00 bits per heavy atom. The van der Waals surface area contributed by atoms with Crippen molar-refractivity contribution in [3.63, 3.8) is 0 Å². The van der Waals surface area contributed by atoms with E-state index in [-0.39, 0.29) is 29.6 Å². The monoisotopic (exact) mass is 487 g/mol. The highest BCUT2D eigenvalue weighted by Crippen LogP contribution is 2.23. The Labute approximate surface area is 204 Å². The van der Waals surface area contributed by atoms with Gasteiger partial charge in [-0.3, -0.25) is 18.6 Å². The van der Waals surface area contributed by atoms with E-state index in [9.17, 15) is 14.0 Å². The van der Waals surface area contributed by atoms with E-state index < -0.39 is 0 Å². The second-order valence-corrected chi connectivity index (χ2v) is 8.94. The van der Waals surface area contributed by atoms with Crippen LogP contribution in [-0.2, 0) is 17.8 Å². The quantitative estimate of drug-likeness (QED) is 0.341. The van der Waals surface area contributed by atoms with Crippen molar-refractivity contribution >= 4 is 40.0 Å². The van der Waals surface area contributed by atoms with Crippen LogP contribution in [-0.4, -0.2) is 30.8 Å². The zero-order chi connectivity index (χ0) is 24.4. The number of aryl methyl sites for hydroxylation is 1. The van der Waals surface area contributed by atoms with Gasteiger partial charge in [-0.15, -0.1) is 10.2 Å². The minimum Gasteiger partial charge on any atom is -0.325 e. The van der Waals surface area contributed by atoms with Crippen LogP contribution in [0, 0.1) is 5.82 Å². The molecule has 5 rings (SSSR count). The molecule has 0 aliphatic heterocycles. The van der Waals surface area contributed by atoms with Gasteiger partial charge in [-0.2, -0.15) is 0 Å². The first kappa shape index (κ1) is 22.8. The van der Waals surface area contributed by atoms with Gasteiger partial charge in [0, 0.05) is 5.69 Å². The Morgan fingerprint density at radius 3 is 2.54 bits per heavy atom. The van der Waals surface area contributed by atoms with E-state index in [0.29, 0.717) is 21.8 Å². The smallest absolute Gasteiger partial charge is 0.263 e. The Bertz CT molecular complexity index is 1590. The molecule has 0 fully saturated rings. The number of hydrogen-bond acceptors (Lipinski definition) is 5. The third-order valence-electron chi connectivity index (χ3n) is 5.74. The van der Waals surface area contributed by atoms with Crippen LogP contribution in [0.1, 0.15) is 18.1 Å². The second kappa shape index (κ2) is 9.71. The molecule has 0 aliphatic carbocycles. The maximum absolute atomic E-state index is 13.4. The van der Waals surface area contributed by atoms with E-state index in [1.165, 1.54) is 28.5 Å². The molecule has 0 bridgehead atoms. The summed E-state index contributed by atoms with van der Waals surface area (Å²) in [7, 11) is 0. The highest BCUT2D eigenvalue weighted by molar-refractivity contribution is 7.99. The zero-order valence-corrected chi connectivity index (χ0v) is 19.8.